The van der Waals surface area contributed by atoms with Crippen molar-refractivity contribution in [1.29, 1.82) is 0 Å². The van der Waals surface area contributed by atoms with Crippen LogP contribution in [0.1, 0.15) is 109 Å². The minimum absolute atomic E-state index is 0.0670. The summed E-state index contributed by atoms with van der Waals surface area (Å²) in [7, 11) is 4.32. The highest BCUT2D eigenvalue weighted by molar-refractivity contribution is 7.92. The van der Waals surface area contributed by atoms with Crippen molar-refractivity contribution in [2.75, 3.05) is 7.11 Å². The summed E-state index contributed by atoms with van der Waals surface area (Å²) >= 11 is 0.169. The lowest BCUT2D eigenvalue weighted by Crippen LogP contribution is -2.21. The highest BCUT2D eigenvalue weighted by Crippen LogP contribution is 2.43. The third-order valence-electron chi connectivity index (χ3n) is 6.71. The van der Waals surface area contributed by atoms with Crippen molar-refractivity contribution in [2.24, 2.45) is 10.9 Å². The van der Waals surface area contributed by atoms with Gasteiger partial charge in [0.15, 0.2) is 18.1 Å². The molecule has 2 aromatic heterocycles. The second-order valence-electron chi connectivity index (χ2n) is 11.6. The quantitative estimate of drug-likeness (QED) is 0.0668. The Kier molecular flexibility index (Phi) is 16.2. The second kappa shape index (κ2) is 18.2. The van der Waals surface area contributed by atoms with Crippen molar-refractivity contribution >= 4 is 50.1 Å². The van der Waals surface area contributed by atoms with Gasteiger partial charge in [0.1, 0.15) is 5.60 Å². The van der Waals surface area contributed by atoms with Crippen LogP contribution in [0.25, 0.3) is 16.8 Å². The summed E-state index contributed by atoms with van der Waals surface area (Å²) < 4.78 is 26.2. The van der Waals surface area contributed by atoms with Crippen LogP contribution >= 0.6 is 21.6 Å². The number of nitrogens with zero attached hydrogens (tertiary/aromatic N) is 3. The fourth-order valence-electron chi connectivity index (χ4n) is 4.93. The van der Waals surface area contributed by atoms with Gasteiger partial charge in [-0.2, -0.15) is 0 Å². The Morgan fingerprint density at radius 3 is 2.31 bits per heavy atom. The van der Waals surface area contributed by atoms with Gasteiger partial charge < -0.3 is 9.47 Å². The van der Waals surface area contributed by atoms with E-state index in [2.05, 4.69) is 27.4 Å². The van der Waals surface area contributed by atoms with E-state index in [1.165, 1.54) is 13.1 Å². The monoisotopic (exact) mass is 659 g/mol. The summed E-state index contributed by atoms with van der Waals surface area (Å²) in [5.74, 6) is 0.0857. The average molecular weight is 660 g/mol. The molecule has 1 unspecified atom stereocenters. The SMILES string of the molecule is C=CN=C(/C=C(\C)C(=C)c1ncc2c(c1P)-c1c(c(C(=O)C(C)C)c(CCC)n1SF)CC2)OC.CC.CC(=O)OC(C)(C)C. The van der Waals surface area contributed by atoms with Crippen molar-refractivity contribution in [3.63, 3.8) is 0 Å². The van der Waals surface area contributed by atoms with E-state index in [4.69, 9.17) is 14.5 Å². The summed E-state index contributed by atoms with van der Waals surface area (Å²) in [5.41, 5.74) is 6.99. The van der Waals surface area contributed by atoms with Gasteiger partial charge in [0.2, 0.25) is 5.90 Å². The van der Waals surface area contributed by atoms with Crippen molar-refractivity contribution in [3.8, 4) is 11.3 Å². The zero-order valence-electron chi connectivity index (χ0n) is 28.9. The fraction of sp³-hybridized carbons (Fsp3) is 0.486. The Bertz CT molecular complexity index is 1450. The van der Waals surface area contributed by atoms with E-state index in [-0.39, 0.29) is 35.6 Å². The maximum absolute atomic E-state index is 14.5. The van der Waals surface area contributed by atoms with Crippen molar-refractivity contribution in [1.82, 2.24) is 8.96 Å². The number of halogens is 1. The zero-order valence-corrected chi connectivity index (χ0v) is 30.9. The summed E-state index contributed by atoms with van der Waals surface area (Å²) in [6, 6.07) is 0. The predicted octanol–water partition coefficient (Wildman–Crippen LogP) is 8.84. The van der Waals surface area contributed by atoms with Gasteiger partial charge in [-0.05, 0) is 69.2 Å². The number of carbonyl (C=O) groups is 2. The molecule has 45 heavy (non-hydrogen) atoms. The standard InChI is InChI=1S/C27H33FN3O2PS.C6H12O2.C2H6/c1-8-10-20-23(26(32)15(3)4)19-12-11-18-14-30-24(27(34)22(18)25(19)31(20)35-28)17(6)16(5)13-21(33-7)29-9-2;1-5(7)8-6(2,3)4;1-2/h9,13-15H,2,6,8,10-12,34H2,1,3-5,7H3;1-4H3;1-2H3/b16-13+,29-21?;;. The molecular formula is C35H51FN3O4PS. The normalized spacial score (nSPS) is 12.6. The van der Waals surface area contributed by atoms with Gasteiger partial charge in [0.25, 0.3) is 0 Å². The number of aryl methyl sites for hydroxylation is 1. The molecule has 0 saturated carbocycles. The first-order valence-corrected chi connectivity index (χ1v) is 16.6. The zero-order chi connectivity index (χ0) is 34.6. The molecule has 0 aliphatic heterocycles. The summed E-state index contributed by atoms with van der Waals surface area (Å²) in [6.07, 6.45) is 7.91. The van der Waals surface area contributed by atoms with E-state index in [0.29, 0.717) is 35.6 Å². The molecule has 1 atom stereocenters. The Morgan fingerprint density at radius 2 is 1.87 bits per heavy atom. The lowest BCUT2D eigenvalue weighted by molar-refractivity contribution is -0.151. The molecule has 7 nitrogen and oxygen atoms in total. The fourth-order valence-corrected chi connectivity index (χ4v) is 6.04. The van der Waals surface area contributed by atoms with Gasteiger partial charge in [-0.25, -0.2) is 4.99 Å². The van der Waals surface area contributed by atoms with Gasteiger partial charge in [0.05, 0.1) is 18.5 Å². The molecule has 0 aromatic carbocycles. The number of aromatic nitrogens is 2. The number of allylic oxidation sites excluding steroid dienone is 2. The van der Waals surface area contributed by atoms with Gasteiger partial charge in [-0.15, -0.1) is 13.1 Å². The second-order valence-corrected chi connectivity index (χ2v) is 12.6. The molecule has 0 spiro atoms. The van der Waals surface area contributed by atoms with Crippen LogP contribution < -0.4 is 5.30 Å². The first kappa shape index (κ1) is 40.0. The molecule has 0 radical (unpaired) electrons. The van der Waals surface area contributed by atoms with Crippen LogP contribution in [-0.4, -0.2) is 39.3 Å². The Labute approximate surface area is 276 Å². The van der Waals surface area contributed by atoms with E-state index < -0.39 is 0 Å². The van der Waals surface area contributed by atoms with Gasteiger partial charge >= 0.3 is 5.97 Å². The number of fused-ring (bicyclic) bond motifs is 3. The number of esters is 1. The number of methoxy groups -OCH3 is 1. The third-order valence-corrected chi connectivity index (χ3v) is 7.81. The molecule has 2 heterocycles. The van der Waals surface area contributed by atoms with Gasteiger partial charge in [0, 0.05) is 53.4 Å². The molecule has 0 amide bonds. The largest absolute Gasteiger partial charge is 0.481 e. The van der Waals surface area contributed by atoms with Crippen LogP contribution in [0, 0.1) is 5.92 Å². The number of pyridine rings is 1. The minimum Gasteiger partial charge on any atom is -0.481 e. The lowest BCUT2D eigenvalue weighted by Gasteiger charge is -2.23. The van der Waals surface area contributed by atoms with Gasteiger partial charge in [-0.3, -0.25) is 18.5 Å². The molecule has 1 aliphatic carbocycles. The molecule has 10 heteroatoms. The van der Waals surface area contributed by atoms with Crippen LogP contribution in [0.4, 0.5) is 3.89 Å². The Morgan fingerprint density at radius 1 is 1.24 bits per heavy atom. The van der Waals surface area contributed by atoms with Crippen molar-refractivity contribution < 1.29 is 22.9 Å². The van der Waals surface area contributed by atoms with E-state index in [1.807, 2.05) is 68.5 Å². The van der Waals surface area contributed by atoms with E-state index in [9.17, 15) is 13.5 Å². The number of hydrogen-bond donors (Lipinski definition) is 0. The Hall–Kier alpha value is -3.03. The first-order valence-electron chi connectivity index (χ1n) is 15.3. The van der Waals surface area contributed by atoms with Crippen LogP contribution in [0.5, 0.6) is 0 Å². The predicted molar refractivity (Wildman–Crippen MR) is 192 cm³/mol. The van der Waals surface area contributed by atoms with E-state index in [1.54, 1.807) is 17.2 Å². The number of Topliss-reactive ketones (excluding diaryl/α,β-unsaturated/α-hetero) is 1. The highest BCUT2D eigenvalue weighted by atomic mass is 32.2. The van der Waals surface area contributed by atoms with Crippen LogP contribution in [0.3, 0.4) is 0 Å². The Balaban J connectivity index is 0.000000880. The molecule has 248 valence electrons. The molecule has 0 saturated heterocycles. The van der Waals surface area contributed by atoms with Crippen molar-refractivity contribution in [2.45, 2.75) is 101 Å². The molecule has 2 aromatic rings. The smallest absolute Gasteiger partial charge is 0.303 e. The maximum atomic E-state index is 14.5. The van der Waals surface area contributed by atoms with Crippen LogP contribution in [0.2, 0.25) is 0 Å². The van der Waals surface area contributed by atoms with Gasteiger partial charge in [-0.1, -0.05) is 54.2 Å². The number of hydrogen-bond acceptors (Lipinski definition) is 7. The van der Waals surface area contributed by atoms with Crippen LogP contribution in [0.15, 0.2) is 42.2 Å². The summed E-state index contributed by atoms with van der Waals surface area (Å²) in [6.45, 7) is 26.6. The molecule has 3 rings (SSSR count). The topological polar surface area (TPSA) is 82.8 Å². The lowest BCUT2D eigenvalue weighted by atomic mass is 9.85. The number of ether oxygens (including phenoxy) is 2. The molecule has 1 aliphatic rings. The number of aliphatic imine (C=N–C) groups is 1. The van der Waals surface area contributed by atoms with E-state index in [0.717, 1.165) is 51.8 Å². The summed E-state index contributed by atoms with van der Waals surface area (Å²) in [5, 5.41) is 0.834. The molecule has 0 N–H and O–H groups in total. The number of rotatable bonds is 9. The maximum Gasteiger partial charge on any atom is 0.303 e. The summed E-state index contributed by atoms with van der Waals surface area (Å²) in [4.78, 5) is 32.3. The van der Waals surface area contributed by atoms with Crippen molar-refractivity contribution in [3.05, 3.63) is 65.3 Å². The minimum atomic E-state index is -0.328. The first-order chi connectivity index (χ1) is 21.1. The molecule has 0 fully saturated rings. The average Bonchev–Trinajstić information content (AvgIpc) is 3.29. The highest BCUT2D eigenvalue weighted by Gasteiger charge is 2.34. The molecule has 0 bridgehead atoms. The molecular weight excluding hydrogens is 608 g/mol. The third kappa shape index (κ3) is 10.2. The van der Waals surface area contributed by atoms with Crippen LogP contribution in [-0.2, 0) is 33.5 Å². The number of ketones is 1. The number of carbonyl (C=O) groups excluding carboxylic acids is 2. The van der Waals surface area contributed by atoms with E-state index >= 15 is 0 Å².